The highest BCUT2D eigenvalue weighted by Crippen LogP contribution is 2.31. The second-order valence-corrected chi connectivity index (χ2v) is 3.74. The molecule has 82 valence electrons. The zero-order valence-corrected chi connectivity index (χ0v) is 8.77. The summed E-state index contributed by atoms with van der Waals surface area (Å²) in [6.07, 6.45) is 1.65. The van der Waals surface area contributed by atoms with Crippen molar-refractivity contribution in [2.24, 2.45) is 0 Å². The first-order valence-electron chi connectivity index (χ1n) is 5.10. The molecule has 0 unspecified atom stereocenters. The van der Waals surface area contributed by atoms with Gasteiger partial charge in [0.2, 0.25) is 0 Å². The van der Waals surface area contributed by atoms with Gasteiger partial charge in [0.05, 0.1) is 22.6 Å². The third-order valence-corrected chi connectivity index (χ3v) is 2.68. The largest absolute Gasteiger partial charge is 0.463 e. The molecule has 1 aliphatic rings. The second kappa shape index (κ2) is 3.49. The lowest BCUT2D eigenvalue weighted by atomic mass is 10.0. The van der Waals surface area contributed by atoms with Crippen molar-refractivity contribution in [1.82, 2.24) is 0 Å². The molecule has 0 N–H and O–H groups in total. The Morgan fingerprint density at radius 2 is 2.12 bits per heavy atom. The Balaban J connectivity index is 2.34. The maximum atomic E-state index is 11.8. The lowest BCUT2D eigenvalue weighted by molar-refractivity contribution is 0.448. The van der Waals surface area contributed by atoms with Crippen LogP contribution in [0.2, 0.25) is 0 Å². The summed E-state index contributed by atoms with van der Waals surface area (Å²) in [5.41, 5.74) is 0.868. The van der Waals surface area contributed by atoms with Gasteiger partial charge in [0.25, 0.3) is 0 Å². The van der Waals surface area contributed by atoms with E-state index in [0.717, 1.165) is 5.39 Å². The van der Waals surface area contributed by atoms with E-state index in [9.17, 15) is 4.79 Å². The predicted octanol–water partition coefficient (Wildman–Crippen LogP) is 2.14. The van der Waals surface area contributed by atoms with Crippen LogP contribution >= 0.6 is 0 Å². The fraction of sp³-hybridized carbons (Fsp3) is 0.0769. The van der Waals surface area contributed by atoms with E-state index in [0.29, 0.717) is 22.5 Å². The van der Waals surface area contributed by atoms with Crippen molar-refractivity contribution in [2.45, 2.75) is 6.42 Å². The minimum atomic E-state index is -0.445. The molecule has 3 rings (SSSR count). The van der Waals surface area contributed by atoms with E-state index in [1.807, 2.05) is 18.2 Å². The monoisotopic (exact) mass is 225 g/mol. The number of hydrogen-bond donors (Lipinski definition) is 0. The van der Waals surface area contributed by atoms with Gasteiger partial charge in [0.1, 0.15) is 17.6 Å². The van der Waals surface area contributed by atoms with Crippen molar-refractivity contribution in [3.05, 3.63) is 52.1 Å². The number of fused-ring (bicyclic) bond motifs is 3. The maximum Gasteiger partial charge on any atom is 0.343 e. The lowest BCUT2D eigenvalue weighted by Crippen LogP contribution is -2.14. The Labute approximate surface area is 96.3 Å². The highest BCUT2D eigenvalue weighted by molar-refractivity contribution is 5.84. The van der Waals surface area contributed by atoms with Crippen molar-refractivity contribution < 1.29 is 9.15 Å². The molecule has 0 bridgehead atoms. The number of rotatable bonds is 0. The van der Waals surface area contributed by atoms with E-state index in [1.54, 1.807) is 12.1 Å². The summed E-state index contributed by atoms with van der Waals surface area (Å²) < 4.78 is 10.6. The first-order valence-corrected chi connectivity index (χ1v) is 5.10. The van der Waals surface area contributed by atoms with Crippen LogP contribution in [0.1, 0.15) is 5.56 Å². The molecule has 1 aliphatic heterocycles. The van der Waals surface area contributed by atoms with Crippen LogP contribution in [-0.4, -0.2) is 0 Å². The Morgan fingerprint density at radius 1 is 1.29 bits per heavy atom. The topological polar surface area (TPSA) is 63.2 Å². The highest BCUT2D eigenvalue weighted by atomic mass is 16.5. The van der Waals surface area contributed by atoms with Gasteiger partial charge in [-0.1, -0.05) is 12.1 Å². The number of hydrogen-bond acceptors (Lipinski definition) is 4. The van der Waals surface area contributed by atoms with Crippen LogP contribution in [0.3, 0.4) is 0 Å². The maximum absolute atomic E-state index is 11.8. The molecule has 17 heavy (non-hydrogen) atoms. The molecule has 0 atom stereocenters. The Bertz CT molecular complexity index is 734. The van der Waals surface area contributed by atoms with Gasteiger partial charge in [-0.25, -0.2) is 4.79 Å². The fourth-order valence-corrected chi connectivity index (χ4v) is 1.88. The van der Waals surface area contributed by atoms with Crippen LogP contribution in [-0.2, 0) is 6.42 Å². The minimum Gasteiger partial charge on any atom is -0.463 e. The summed E-state index contributed by atoms with van der Waals surface area (Å²) in [7, 11) is 0. The van der Waals surface area contributed by atoms with Gasteiger partial charge in [-0.3, -0.25) is 0 Å². The SMILES string of the molecule is N#CC1=COc2c(c(=O)oc3ccccc23)C1. The quantitative estimate of drug-likeness (QED) is 0.644. The molecule has 4 heteroatoms. The molecule has 4 nitrogen and oxygen atoms in total. The zero-order chi connectivity index (χ0) is 11.8. The Morgan fingerprint density at radius 3 is 2.94 bits per heavy atom. The van der Waals surface area contributed by atoms with Crippen molar-refractivity contribution in [3.8, 4) is 11.8 Å². The van der Waals surface area contributed by atoms with E-state index in [1.165, 1.54) is 6.26 Å². The van der Waals surface area contributed by atoms with Gasteiger partial charge in [0, 0.05) is 6.42 Å². The molecule has 0 aliphatic carbocycles. The number of ether oxygens (including phenoxy) is 1. The molecular formula is C13H7NO3. The van der Waals surface area contributed by atoms with Gasteiger partial charge < -0.3 is 9.15 Å². The molecule has 0 saturated heterocycles. The van der Waals surface area contributed by atoms with Crippen molar-refractivity contribution in [2.75, 3.05) is 0 Å². The van der Waals surface area contributed by atoms with Gasteiger partial charge in [-0.2, -0.15) is 5.26 Å². The molecule has 0 fully saturated rings. The average Bonchev–Trinajstić information content (AvgIpc) is 2.38. The van der Waals surface area contributed by atoms with E-state index in [4.69, 9.17) is 14.4 Å². The molecule has 1 aromatic carbocycles. The zero-order valence-electron chi connectivity index (χ0n) is 8.77. The third-order valence-electron chi connectivity index (χ3n) is 2.68. The van der Waals surface area contributed by atoms with Gasteiger partial charge in [-0.15, -0.1) is 0 Å². The van der Waals surface area contributed by atoms with Gasteiger partial charge in [-0.05, 0) is 12.1 Å². The summed E-state index contributed by atoms with van der Waals surface area (Å²) in [5, 5.41) is 9.54. The lowest BCUT2D eigenvalue weighted by Gasteiger charge is -2.14. The first kappa shape index (κ1) is 9.67. The number of benzene rings is 1. The van der Waals surface area contributed by atoms with Crippen LogP contribution < -0.4 is 10.4 Å². The minimum absolute atomic E-state index is 0.263. The van der Waals surface area contributed by atoms with E-state index in [-0.39, 0.29) is 6.42 Å². The average molecular weight is 225 g/mol. The summed E-state index contributed by atoms with van der Waals surface area (Å²) >= 11 is 0. The summed E-state index contributed by atoms with van der Waals surface area (Å²) in [6.45, 7) is 0. The standard InChI is InChI=1S/C13H7NO3/c14-6-8-5-10-12(16-7-8)9-3-1-2-4-11(9)17-13(10)15/h1-4,7H,5H2. The summed E-state index contributed by atoms with van der Waals surface area (Å²) in [5.74, 6) is 0.496. The molecule has 2 heterocycles. The van der Waals surface area contributed by atoms with Crippen molar-refractivity contribution in [3.63, 3.8) is 0 Å². The third kappa shape index (κ3) is 1.41. The molecule has 0 saturated carbocycles. The van der Waals surface area contributed by atoms with E-state index < -0.39 is 5.63 Å². The Kier molecular flexibility index (Phi) is 1.99. The van der Waals surface area contributed by atoms with Gasteiger partial charge >= 0.3 is 5.63 Å². The molecule has 0 amide bonds. The van der Waals surface area contributed by atoms with E-state index in [2.05, 4.69) is 0 Å². The predicted molar refractivity (Wildman–Crippen MR) is 60.5 cm³/mol. The van der Waals surface area contributed by atoms with Crippen LogP contribution in [0.4, 0.5) is 0 Å². The Hall–Kier alpha value is -2.54. The van der Waals surface area contributed by atoms with Gasteiger partial charge in [0.15, 0.2) is 0 Å². The van der Waals surface area contributed by atoms with Crippen LogP contribution in [0.5, 0.6) is 5.75 Å². The second-order valence-electron chi connectivity index (χ2n) is 3.74. The summed E-state index contributed by atoms with van der Waals surface area (Å²) in [6, 6.07) is 9.14. The highest BCUT2D eigenvalue weighted by Gasteiger charge is 2.20. The molecule has 2 aromatic rings. The molecule has 1 aromatic heterocycles. The van der Waals surface area contributed by atoms with Crippen LogP contribution in [0.25, 0.3) is 11.0 Å². The number of para-hydroxylation sites is 1. The smallest absolute Gasteiger partial charge is 0.343 e. The van der Waals surface area contributed by atoms with Crippen LogP contribution in [0.15, 0.2) is 45.3 Å². The number of allylic oxidation sites excluding steroid dienone is 1. The molecular weight excluding hydrogens is 218 g/mol. The number of nitrogens with zero attached hydrogens (tertiary/aromatic N) is 1. The van der Waals surface area contributed by atoms with E-state index >= 15 is 0 Å². The summed E-state index contributed by atoms with van der Waals surface area (Å²) in [4.78, 5) is 11.8. The molecule has 0 spiro atoms. The normalized spacial score (nSPS) is 13.5. The number of nitriles is 1. The fourth-order valence-electron chi connectivity index (χ4n) is 1.88. The van der Waals surface area contributed by atoms with Crippen molar-refractivity contribution >= 4 is 11.0 Å². The van der Waals surface area contributed by atoms with Crippen LogP contribution in [0, 0.1) is 11.3 Å². The van der Waals surface area contributed by atoms with Crippen molar-refractivity contribution in [1.29, 1.82) is 5.26 Å². The first-order chi connectivity index (χ1) is 8.29. The molecule has 0 radical (unpaired) electrons.